The second-order valence-corrected chi connectivity index (χ2v) is 5.38. The SMILES string of the molecule is CC(O)C(C)(C)NC(=O)CCOc1ccccc1Cl. The van der Waals surface area contributed by atoms with Crippen LogP contribution in [0.15, 0.2) is 24.3 Å². The van der Waals surface area contributed by atoms with E-state index in [1.54, 1.807) is 32.9 Å². The standard InChI is InChI=1S/C14H20ClNO3/c1-10(17)14(2,3)16-13(18)8-9-19-12-7-5-4-6-11(12)15/h4-7,10,17H,8-9H2,1-3H3,(H,16,18). The van der Waals surface area contributed by atoms with Crippen LogP contribution >= 0.6 is 11.6 Å². The van der Waals surface area contributed by atoms with E-state index in [4.69, 9.17) is 16.3 Å². The molecule has 2 N–H and O–H groups in total. The lowest BCUT2D eigenvalue weighted by molar-refractivity contribution is -0.124. The van der Waals surface area contributed by atoms with E-state index in [0.717, 1.165) is 0 Å². The van der Waals surface area contributed by atoms with Crippen LogP contribution in [0.5, 0.6) is 5.75 Å². The van der Waals surface area contributed by atoms with Gasteiger partial charge in [-0.05, 0) is 32.9 Å². The van der Waals surface area contributed by atoms with Gasteiger partial charge in [0.1, 0.15) is 5.75 Å². The summed E-state index contributed by atoms with van der Waals surface area (Å²) in [5, 5.41) is 12.8. The minimum Gasteiger partial charge on any atom is -0.491 e. The van der Waals surface area contributed by atoms with E-state index in [1.165, 1.54) is 0 Å². The quantitative estimate of drug-likeness (QED) is 0.844. The molecule has 0 radical (unpaired) electrons. The minimum absolute atomic E-state index is 0.169. The van der Waals surface area contributed by atoms with Gasteiger partial charge < -0.3 is 15.2 Å². The number of para-hydroxylation sites is 1. The molecule has 0 aliphatic carbocycles. The maximum atomic E-state index is 11.7. The third kappa shape index (κ3) is 5.09. The maximum absolute atomic E-state index is 11.7. The Morgan fingerprint density at radius 2 is 2.11 bits per heavy atom. The molecule has 0 heterocycles. The van der Waals surface area contributed by atoms with E-state index >= 15 is 0 Å². The lowest BCUT2D eigenvalue weighted by Crippen LogP contribution is -2.51. The van der Waals surface area contributed by atoms with Gasteiger partial charge >= 0.3 is 0 Å². The summed E-state index contributed by atoms with van der Waals surface area (Å²) in [4.78, 5) is 11.7. The van der Waals surface area contributed by atoms with E-state index < -0.39 is 11.6 Å². The van der Waals surface area contributed by atoms with Gasteiger partial charge in [-0.25, -0.2) is 0 Å². The molecule has 0 aliphatic rings. The molecule has 1 atom stereocenters. The first-order chi connectivity index (χ1) is 8.83. The molecule has 0 aliphatic heterocycles. The van der Waals surface area contributed by atoms with Crippen molar-refractivity contribution in [2.75, 3.05) is 6.61 Å². The Hall–Kier alpha value is -1.26. The highest BCUT2D eigenvalue weighted by Crippen LogP contribution is 2.23. The predicted octanol–water partition coefficient (Wildman–Crippen LogP) is 2.38. The van der Waals surface area contributed by atoms with Gasteiger partial charge in [-0.1, -0.05) is 23.7 Å². The average molecular weight is 286 g/mol. The number of aliphatic hydroxyl groups is 1. The molecule has 106 valence electrons. The van der Waals surface area contributed by atoms with Crippen molar-refractivity contribution in [3.8, 4) is 5.75 Å². The van der Waals surface area contributed by atoms with Crippen molar-refractivity contribution in [3.05, 3.63) is 29.3 Å². The second-order valence-electron chi connectivity index (χ2n) is 4.97. The van der Waals surface area contributed by atoms with Gasteiger partial charge in [-0.2, -0.15) is 0 Å². The van der Waals surface area contributed by atoms with Gasteiger partial charge in [0.05, 0.1) is 29.7 Å². The zero-order valence-corrected chi connectivity index (χ0v) is 12.2. The Kier molecular flexibility index (Phi) is 5.63. The van der Waals surface area contributed by atoms with Gasteiger partial charge in [0, 0.05) is 0 Å². The third-order valence-corrected chi connectivity index (χ3v) is 3.24. The van der Waals surface area contributed by atoms with Crippen molar-refractivity contribution in [3.63, 3.8) is 0 Å². The van der Waals surface area contributed by atoms with Crippen LogP contribution in [0.2, 0.25) is 5.02 Å². The molecule has 1 aromatic carbocycles. The minimum atomic E-state index is -0.651. The van der Waals surface area contributed by atoms with Gasteiger partial charge in [-0.3, -0.25) is 4.79 Å². The predicted molar refractivity (Wildman–Crippen MR) is 75.5 cm³/mol. The molecule has 0 saturated heterocycles. The number of carbonyl (C=O) groups excluding carboxylic acids is 1. The monoisotopic (exact) mass is 285 g/mol. The number of carbonyl (C=O) groups is 1. The van der Waals surface area contributed by atoms with Crippen molar-refractivity contribution >= 4 is 17.5 Å². The molecule has 4 nitrogen and oxygen atoms in total. The number of nitrogens with one attached hydrogen (secondary N) is 1. The maximum Gasteiger partial charge on any atom is 0.223 e. The number of hydrogen-bond donors (Lipinski definition) is 2. The third-order valence-electron chi connectivity index (χ3n) is 2.93. The summed E-state index contributed by atoms with van der Waals surface area (Å²) in [6.07, 6.45) is -0.414. The highest BCUT2D eigenvalue weighted by molar-refractivity contribution is 6.32. The van der Waals surface area contributed by atoms with Crippen LogP contribution in [-0.2, 0) is 4.79 Å². The van der Waals surface area contributed by atoms with Crippen molar-refractivity contribution in [2.45, 2.75) is 38.8 Å². The van der Waals surface area contributed by atoms with E-state index in [0.29, 0.717) is 10.8 Å². The van der Waals surface area contributed by atoms with Gasteiger partial charge in [0.15, 0.2) is 0 Å². The molecule has 1 rings (SSSR count). The molecule has 1 unspecified atom stereocenters. The van der Waals surface area contributed by atoms with Crippen LogP contribution < -0.4 is 10.1 Å². The van der Waals surface area contributed by atoms with Gasteiger partial charge in [0.2, 0.25) is 5.91 Å². The molecule has 1 amide bonds. The highest BCUT2D eigenvalue weighted by Gasteiger charge is 2.25. The summed E-state index contributed by atoms with van der Waals surface area (Å²) in [6.45, 7) is 5.42. The molecule has 0 bridgehead atoms. The van der Waals surface area contributed by atoms with Gasteiger partial charge in [-0.15, -0.1) is 0 Å². The summed E-state index contributed by atoms with van der Waals surface area (Å²) < 4.78 is 5.43. The number of benzene rings is 1. The molecular weight excluding hydrogens is 266 g/mol. The normalized spacial score (nSPS) is 12.9. The molecule has 1 aromatic rings. The number of ether oxygens (including phenoxy) is 1. The van der Waals surface area contributed by atoms with Crippen LogP contribution in [0.25, 0.3) is 0 Å². The molecule has 0 aromatic heterocycles. The number of amides is 1. The Morgan fingerprint density at radius 3 is 2.68 bits per heavy atom. The molecule has 0 spiro atoms. The Bertz CT molecular complexity index is 432. The van der Waals surface area contributed by atoms with Crippen molar-refractivity contribution in [1.82, 2.24) is 5.32 Å². The summed E-state index contributed by atoms with van der Waals surface area (Å²) in [5.41, 5.74) is -0.651. The van der Waals surface area contributed by atoms with E-state index in [-0.39, 0.29) is 18.9 Å². The van der Waals surface area contributed by atoms with Crippen molar-refractivity contribution in [1.29, 1.82) is 0 Å². The van der Waals surface area contributed by atoms with Crippen LogP contribution in [0.4, 0.5) is 0 Å². The fraction of sp³-hybridized carbons (Fsp3) is 0.500. The Balaban J connectivity index is 2.38. The fourth-order valence-electron chi connectivity index (χ4n) is 1.34. The first-order valence-electron chi connectivity index (χ1n) is 6.19. The lowest BCUT2D eigenvalue weighted by Gasteiger charge is -2.29. The van der Waals surface area contributed by atoms with Crippen LogP contribution in [-0.4, -0.2) is 29.3 Å². The largest absolute Gasteiger partial charge is 0.491 e. The summed E-state index contributed by atoms with van der Waals surface area (Å²) >= 11 is 5.93. The summed E-state index contributed by atoms with van der Waals surface area (Å²) in [5.74, 6) is 0.393. The van der Waals surface area contributed by atoms with E-state index in [1.807, 2.05) is 12.1 Å². The number of aliphatic hydroxyl groups excluding tert-OH is 1. The van der Waals surface area contributed by atoms with Crippen LogP contribution in [0, 0.1) is 0 Å². The fourth-order valence-corrected chi connectivity index (χ4v) is 1.53. The zero-order chi connectivity index (χ0) is 14.5. The topological polar surface area (TPSA) is 58.6 Å². The van der Waals surface area contributed by atoms with Crippen LogP contribution in [0.1, 0.15) is 27.2 Å². The van der Waals surface area contributed by atoms with E-state index in [9.17, 15) is 9.90 Å². The molecule has 5 heteroatoms. The smallest absolute Gasteiger partial charge is 0.223 e. The Morgan fingerprint density at radius 1 is 1.47 bits per heavy atom. The second kappa shape index (κ2) is 6.78. The highest BCUT2D eigenvalue weighted by atomic mass is 35.5. The first kappa shape index (κ1) is 15.8. The number of hydrogen-bond acceptors (Lipinski definition) is 3. The van der Waals surface area contributed by atoms with Crippen molar-refractivity contribution in [2.24, 2.45) is 0 Å². The molecular formula is C14H20ClNO3. The van der Waals surface area contributed by atoms with Crippen LogP contribution in [0.3, 0.4) is 0 Å². The number of halogens is 1. The Labute approximate surface area is 118 Å². The summed E-state index contributed by atoms with van der Waals surface area (Å²) in [6, 6.07) is 7.11. The van der Waals surface area contributed by atoms with E-state index in [2.05, 4.69) is 5.32 Å². The molecule has 0 saturated carbocycles. The number of rotatable bonds is 6. The lowest BCUT2D eigenvalue weighted by atomic mass is 9.99. The molecule has 0 fully saturated rings. The van der Waals surface area contributed by atoms with Gasteiger partial charge in [0.25, 0.3) is 0 Å². The first-order valence-corrected chi connectivity index (χ1v) is 6.57. The zero-order valence-electron chi connectivity index (χ0n) is 11.4. The average Bonchev–Trinajstić information content (AvgIpc) is 2.30. The summed E-state index contributed by atoms with van der Waals surface area (Å²) in [7, 11) is 0. The molecule has 19 heavy (non-hydrogen) atoms. The van der Waals surface area contributed by atoms with Crippen molar-refractivity contribution < 1.29 is 14.6 Å².